The van der Waals surface area contributed by atoms with E-state index in [0.29, 0.717) is 23.1 Å². The summed E-state index contributed by atoms with van der Waals surface area (Å²) in [6, 6.07) is 6.09. The van der Waals surface area contributed by atoms with Crippen LogP contribution in [0.5, 0.6) is 0 Å². The van der Waals surface area contributed by atoms with Gasteiger partial charge in [-0.2, -0.15) is 13.2 Å². The second kappa shape index (κ2) is 6.89. The fourth-order valence-electron chi connectivity index (χ4n) is 1.90. The zero-order chi connectivity index (χ0) is 18.0. The number of thioether (sulfide) groups is 1. The number of hydrogen-bond donors (Lipinski definition) is 1. The number of nitrogens with one attached hydrogen (secondary N) is 1. The first-order valence-electron chi connectivity index (χ1n) is 6.80. The Kier molecular flexibility index (Phi) is 4.82. The number of aromatic nitrogens is 4. The van der Waals surface area contributed by atoms with Crippen molar-refractivity contribution in [1.29, 1.82) is 0 Å². The summed E-state index contributed by atoms with van der Waals surface area (Å²) in [6.07, 6.45) is -2.19. The Labute approximate surface area is 148 Å². The summed E-state index contributed by atoms with van der Waals surface area (Å²) in [5, 5.41) is 10.5. The number of halogens is 4. The van der Waals surface area contributed by atoms with Crippen LogP contribution in [-0.4, -0.2) is 31.2 Å². The molecule has 0 aliphatic carbocycles. The Hall–Kier alpha value is -2.33. The van der Waals surface area contributed by atoms with E-state index < -0.39 is 17.6 Å². The highest BCUT2D eigenvalue weighted by Gasteiger charge is 2.31. The lowest BCUT2D eigenvalue weighted by molar-refractivity contribution is -0.137. The number of amides is 1. The summed E-state index contributed by atoms with van der Waals surface area (Å²) in [5.41, 5.74) is -0.349. The highest BCUT2D eigenvalue weighted by molar-refractivity contribution is 7.99. The Bertz CT molecular complexity index is 930. The van der Waals surface area contributed by atoms with Crippen molar-refractivity contribution in [2.45, 2.75) is 11.3 Å². The van der Waals surface area contributed by atoms with Gasteiger partial charge < -0.3 is 5.32 Å². The fourth-order valence-corrected chi connectivity index (χ4v) is 2.84. The van der Waals surface area contributed by atoms with Gasteiger partial charge in [0.2, 0.25) is 5.91 Å². The maximum absolute atomic E-state index is 12.6. The van der Waals surface area contributed by atoms with Crippen LogP contribution >= 0.6 is 23.4 Å². The Morgan fingerprint density at radius 1 is 1.32 bits per heavy atom. The number of carbonyl (C=O) groups is 1. The minimum absolute atomic E-state index is 0.0330. The molecule has 0 bridgehead atoms. The van der Waals surface area contributed by atoms with Crippen LogP contribution in [0.15, 0.2) is 41.8 Å². The maximum Gasteiger partial charge on any atom is 0.417 e. The number of nitrogens with zero attached hydrogens (tertiary/aromatic N) is 4. The lowest BCUT2D eigenvalue weighted by Crippen LogP contribution is -2.16. The highest BCUT2D eigenvalue weighted by atomic mass is 35.5. The van der Waals surface area contributed by atoms with E-state index in [1.807, 2.05) is 6.07 Å². The van der Waals surface area contributed by atoms with Crippen LogP contribution in [0.4, 0.5) is 19.0 Å². The molecule has 3 rings (SSSR count). The molecule has 1 amide bonds. The van der Waals surface area contributed by atoms with Crippen LogP contribution in [0.3, 0.4) is 0 Å². The molecular formula is C14H9ClF3N5OS. The van der Waals surface area contributed by atoms with Crippen LogP contribution in [-0.2, 0) is 11.0 Å². The SMILES string of the molecule is O=C(CSc1nnc2ccccn12)Nc1ncc(C(F)(F)F)cc1Cl. The molecule has 0 spiro atoms. The van der Waals surface area contributed by atoms with E-state index in [-0.39, 0.29) is 16.6 Å². The molecule has 3 heterocycles. The molecule has 1 N–H and O–H groups in total. The van der Waals surface area contributed by atoms with Gasteiger partial charge in [0.1, 0.15) is 0 Å². The van der Waals surface area contributed by atoms with Crippen molar-refractivity contribution >= 4 is 40.7 Å². The molecule has 0 unspecified atom stereocenters. The maximum atomic E-state index is 12.6. The standard InChI is InChI=1S/C14H9ClF3N5OS/c15-9-5-8(14(16,17)18)6-19-12(9)20-11(24)7-25-13-22-21-10-3-1-2-4-23(10)13/h1-6H,7H2,(H,19,20,24). The lowest BCUT2D eigenvalue weighted by Gasteiger charge is -2.09. The molecule has 3 aromatic heterocycles. The van der Waals surface area contributed by atoms with Gasteiger partial charge in [-0.3, -0.25) is 9.20 Å². The first kappa shape index (κ1) is 17.5. The minimum Gasteiger partial charge on any atom is -0.309 e. The van der Waals surface area contributed by atoms with E-state index >= 15 is 0 Å². The van der Waals surface area contributed by atoms with E-state index in [0.717, 1.165) is 11.8 Å². The number of anilines is 1. The quantitative estimate of drug-likeness (QED) is 0.693. The van der Waals surface area contributed by atoms with Crippen molar-refractivity contribution in [3.63, 3.8) is 0 Å². The molecule has 0 saturated heterocycles. The Morgan fingerprint density at radius 3 is 2.84 bits per heavy atom. The monoisotopic (exact) mass is 387 g/mol. The van der Waals surface area contributed by atoms with Gasteiger partial charge in [-0.05, 0) is 18.2 Å². The van der Waals surface area contributed by atoms with Crippen LogP contribution in [0.1, 0.15) is 5.56 Å². The van der Waals surface area contributed by atoms with Crippen LogP contribution < -0.4 is 5.32 Å². The average Bonchev–Trinajstić information content (AvgIpc) is 2.97. The number of pyridine rings is 2. The van der Waals surface area contributed by atoms with Gasteiger partial charge in [-0.15, -0.1) is 10.2 Å². The number of hydrogen-bond acceptors (Lipinski definition) is 5. The van der Waals surface area contributed by atoms with E-state index in [1.54, 1.807) is 22.7 Å². The predicted octanol–water partition coefficient (Wildman–Crippen LogP) is 3.53. The zero-order valence-corrected chi connectivity index (χ0v) is 13.9. The van der Waals surface area contributed by atoms with Crippen LogP contribution in [0, 0.1) is 0 Å². The largest absolute Gasteiger partial charge is 0.417 e. The molecule has 0 atom stereocenters. The third-order valence-electron chi connectivity index (χ3n) is 3.04. The molecule has 0 aromatic carbocycles. The molecule has 0 radical (unpaired) electrons. The van der Waals surface area contributed by atoms with Gasteiger partial charge in [-0.25, -0.2) is 4.98 Å². The van der Waals surface area contributed by atoms with Gasteiger partial charge in [-0.1, -0.05) is 29.4 Å². The molecule has 0 aliphatic rings. The van der Waals surface area contributed by atoms with Gasteiger partial charge >= 0.3 is 6.18 Å². The minimum atomic E-state index is -4.55. The summed E-state index contributed by atoms with van der Waals surface area (Å²) in [6.45, 7) is 0. The van der Waals surface area contributed by atoms with Crippen molar-refractivity contribution in [1.82, 2.24) is 19.6 Å². The first-order valence-corrected chi connectivity index (χ1v) is 8.16. The lowest BCUT2D eigenvalue weighted by atomic mass is 10.3. The Morgan fingerprint density at radius 2 is 2.12 bits per heavy atom. The summed E-state index contributed by atoms with van der Waals surface area (Å²) < 4.78 is 39.4. The number of alkyl halides is 3. The van der Waals surface area contributed by atoms with Gasteiger partial charge in [0.05, 0.1) is 16.3 Å². The fraction of sp³-hybridized carbons (Fsp3) is 0.143. The van der Waals surface area contributed by atoms with Gasteiger partial charge in [0, 0.05) is 12.4 Å². The van der Waals surface area contributed by atoms with Crippen molar-refractivity contribution in [2.75, 3.05) is 11.1 Å². The molecule has 0 fully saturated rings. The van der Waals surface area contributed by atoms with E-state index in [4.69, 9.17) is 11.6 Å². The van der Waals surface area contributed by atoms with E-state index in [1.165, 1.54) is 0 Å². The summed E-state index contributed by atoms with van der Waals surface area (Å²) >= 11 is 6.87. The average molecular weight is 388 g/mol. The van der Waals surface area contributed by atoms with E-state index in [2.05, 4.69) is 20.5 Å². The number of fused-ring (bicyclic) bond motifs is 1. The van der Waals surface area contributed by atoms with Crippen molar-refractivity contribution in [3.05, 3.63) is 47.2 Å². The van der Waals surface area contributed by atoms with Crippen LogP contribution in [0.25, 0.3) is 5.65 Å². The molecule has 3 aromatic rings. The van der Waals surface area contributed by atoms with Crippen molar-refractivity contribution in [2.24, 2.45) is 0 Å². The molecule has 130 valence electrons. The number of carbonyl (C=O) groups excluding carboxylic acids is 1. The molecule has 11 heteroatoms. The van der Waals surface area contributed by atoms with Crippen molar-refractivity contribution in [3.8, 4) is 0 Å². The van der Waals surface area contributed by atoms with E-state index in [9.17, 15) is 18.0 Å². The number of rotatable bonds is 4. The second-order valence-electron chi connectivity index (χ2n) is 4.80. The molecular weight excluding hydrogens is 379 g/mol. The molecule has 0 aliphatic heterocycles. The van der Waals surface area contributed by atoms with Gasteiger partial charge in [0.15, 0.2) is 16.6 Å². The van der Waals surface area contributed by atoms with Crippen LogP contribution in [0.2, 0.25) is 5.02 Å². The van der Waals surface area contributed by atoms with Crippen molar-refractivity contribution < 1.29 is 18.0 Å². The summed E-state index contributed by atoms with van der Waals surface area (Å²) in [5.74, 6) is -0.646. The summed E-state index contributed by atoms with van der Waals surface area (Å²) in [4.78, 5) is 15.5. The van der Waals surface area contributed by atoms with Gasteiger partial charge in [0.25, 0.3) is 0 Å². The topological polar surface area (TPSA) is 72.2 Å². The zero-order valence-electron chi connectivity index (χ0n) is 12.3. The normalized spacial score (nSPS) is 11.7. The third-order valence-corrected chi connectivity index (χ3v) is 4.27. The Balaban J connectivity index is 1.65. The first-order chi connectivity index (χ1) is 11.8. The second-order valence-corrected chi connectivity index (χ2v) is 6.15. The molecule has 6 nitrogen and oxygen atoms in total. The molecule has 25 heavy (non-hydrogen) atoms. The highest BCUT2D eigenvalue weighted by Crippen LogP contribution is 2.32. The predicted molar refractivity (Wildman–Crippen MR) is 86.6 cm³/mol. The smallest absolute Gasteiger partial charge is 0.309 e. The summed E-state index contributed by atoms with van der Waals surface area (Å²) in [7, 11) is 0. The third kappa shape index (κ3) is 4.02. The molecule has 0 saturated carbocycles.